The first kappa shape index (κ1) is 21.8. The molecule has 0 amide bonds. The van der Waals surface area contributed by atoms with Crippen LogP contribution in [0.1, 0.15) is 71.6 Å². The molecule has 30 heavy (non-hydrogen) atoms. The van der Waals surface area contributed by atoms with E-state index >= 15 is 0 Å². The van der Waals surface area contributed by atoms with E-state index < -0.39 is 0 Å². The third-order valence-electron chi connectivity index (χ3n) is 9.09. The second-order valence-corrected chi connectivity index (χ2v) is 10.5. The van der Waals surface area contributed by atoms with Crippen LogP contribution >= 0.6 is 0 Å². The number of nitrogens with zero attached hydrogens (tertiary/aromatic N) is 2. The highest BCUT2D eigenvalue weighted by Crippen LogP contribution is 2.64. The lowest BCUT2D eigenvalue weighted by Crippen LogP contribution is -2.56. The van der Waals surface area contributed by atoms with Crippen molar-refractivity contribution in [2.75, 3.05) is 27.3 Å². The summed E-state index contributed by atoms with van der Waals surface area (Å²) in [6, 6.07) is 0. The van der Waals surface area contributed by atoms with Crippen LogP contribution in [0.15, 0.2) is 10.3 Å². The number of hydrogen-bond acceptors (Lipinski definition) is 6. The van der Waals surface area contributed by atoms with Crippen LogP contribution < -0.4 is 5.32 Å². The van der Waals surface area contributed by atoms with E-state index in [1.165, 1.54) is 17.8 Å². The van der Waals surface area contributed by atoms with Crippen LogP contribution in [0.4, 0.5) is 0 Å². The van der Waals surface area contributed by atoms with Gasteiger partial charge in [-0.15, -0.1) is 0 Å². The number of carbonyl (C=O) groups excluding carboxylic acids is 1. The Kier molecular flexibility index (Phi) is 6.25. The molecule has 168 valence electrons. The van der Waals surface area contributed by atoms with Gasteiger partial charge in [0.2, 0.25) is 0 Å². The maximum atomic E-state index is 12.7. The molecule has 0 radical (unpaired) electrons. The largest absolute Gasteiger partial charge is 0.399 e. The van der Waals surface area contributed by atoms with Gasteiger partial charge in [0.15, 0.2) is 0 Å². The topological polar surface area (TPSA) is 72.3 Å². The SMILES string of the molecule is CNCCCON=C1CC[C@@]2(C)C(C1)C(=NOC)C[C@@H]1[C@@H]2CC[C@]2(C)C(=O)CC[C@@H]12. The van der Waals surface area contributed by atoms with Crippen LogP contribution in [0.25, 0.3) is 0 Å². The standard InChI is InChI=1S/C24H39N3O3/c1-23-10-8-16(26-30-13-5-12-25-3)14-20(23)21(27-29-4)15-17-18-6-7-22(28)24(18,2)11-9-19(17)23/h17-20,25H,5-15H2,1-4H3/t17-,18-,19-,20?,23+,24-/m0/s1. The van der Waals surface area contributed by atoms with Crippen molar-refractivity contribution in [3.8, 4) is 0 Å². The van der Waals surface area contributed by atoms with E-state index in [-0.39, 0.29) is 10.8 Å². The van der Waals surface area contributed by atoms with Gasteiger partial charge < -0.3 is 15.0 Å². The highest BCUT2D eigenvalue weighted by atomic mass is 16.6. The first-order chi connectivity index (χ1) is 14.4. The van der Waals surface area contributed by atoms with Gasteiger partial charge in [0.25, 0.3) is 0 Å². The van der Waals surface area contributed by atoms with Crippen LogP contribution in [0.3, 0.4) is 0 Å². The molecule has 4 aliphatic carbocycles. The summed E-state index contributed by atoms with van der Waals surface area (Å²) in [7, 11) is 3.61. The molecule has 1 unspecified atom stereocenters. The second kappa shape index (κ2) is 8.60. The molecule has 0 aliphatic heterocycles. The Morgan fingerprint density at radius 3 is 2.70 bits per heavy atom. The summed E-state index contributed by atoms with van der Waals surface area (Å²) in [5, 5.41) is 12.2. The average molecular weight is 418 g/mol. The molecular formula is C24H39N3O3. The van der Waals surface area contributed by atoms with Crippen molar-refractivity contribution in [1.82, 2.24) is 5.32 Å². The minimum absolute atomic E-state index is 0.106. The fraction of sp³-hybridized carbons (Fsp3) is 0.875. The van der Waals surface area contributed by atoms with Crippen molar-refractivity contribution >= 4 is 17.2 Å². The highest BCUT2D eigenvalue weighted by Gasteiger charge is 2.61. The van der Waals surface area contributed by atoms with Gasteiger partial charge in [-0.25, -0.2) is 0 Å². The summed E-state index contributed by atoms with van der Waals surface area (Å²) in [4.78, 5) is 23.6. The van der Waals surface area contributed by atoms with Crippen molar-refractivity contribution in [2.24, 2.45) is 44.8 Å². The minimum atomic E-state index is -0.106. The zero-order valence-electron chi connectivity index (χ0n) is 19.2. The van der Waals surface area contributed by atoms with Crippen molar-refractivity contribution in [3.05, 3.63) is 0 Å². The molecule has 6 nitrogen and oxygen atoms in total. The molecule has 0 aromatic carbocycles. The third-order valence-corrected chi connectivity index (χ3v) is 9.09. The fourth-order valence-electron chi connectivity index (χ4n) is 7.40. The molecule has 0 spiro atoms. The second-order valence-electron chi connectivity index (χ2n) is 10.5. The number of rotatable bonds is 6. The van der Waals surface area contributed by atoms with Crippen molar-refractivity contribution in [3.63, 3.8) is 0 Å². The van der Waals surface area contributed by atoms with Crippen molar-refractivity contribution < 1.29 is 14.5 Å². The Morgan fingerprint density at radius 2 is 1.93 bits per heavy atom. The first-order valence-electron chi connectivity index (χ1n) is 11.9. The number of Topliss-reactive ketones (excluding diaryl/α,β-unsaturated/α-hetero) is 1. The fourth-order valence-corrected chi connectivity index (χ4v) is 7.40. The number of hydrogen-bond donors (Lipinski definition) is 1. The van der Waals surface area contributed by atoms with E-state index in [4.69, 9.17) is 9.68 Å². The smallest absolute Gasteiger partial charge is 0.139 e. The summed E-state index contributed by atoms with van der Waals surface area (Å²) < 4.78 is 0. The van der Waals surface area contributed by atoms with Crippen molar-refractivity contribution in [2.45, 2.75) is 71.6 Å². The van der Waals surface area contributed by atoms with Gasteiger partial charge in [-0.2, -0.15) is 0 Å². The minimum Gasteiger partial charge on any atom is -0.399 e. The predicted molar refractivity (Wildman–Crippen MR) is 118 cm³/mol. The van der Waals surface area contributed by atoms with Gasteiger partial charge in [-0.1, -0.05) is 24.2 Å². The lowest BCUT2D eigenvalue weighted by Gasteiger charge is -2.59. The van der Waals surface area contributed by atoms with Gasteiger partial charge >= 0.3 is 0 Å². The lowest BCUT2D eigenvalue weighted by atomic mass is 9.45. The monoisotopic (exact) mass is 417 g/mol. The van der Waals surface area contributed by atoms with Gasteiger partial charge in [0, 0.05) is 17.8 Å². The number of oxime groups is 2. The Balaban J connectivity index is 1.54. The molecule has 0 saturated heterocycles. The summed E-state index contributed by atoms with van der Waals surface area (Å²) in [5.41, 5.74) is 2.46. The molecule has 6 heteroatoms. The Morgan fingerprint density at radius 1 is 1.10 bits per heavy atom. The van der Waals surface area contributed by atoms with E-state index in [2.05, 4.69) is 29.5 Å². The maximum Gasteiger partial charge on any atom is 0.139 e. The molecule has 0 heterocycles. The highest BCUT2D eigenvalue weighted by molar-refractivity contribution is 5.96. The lowest BCUT2D eigenvalue weighted by molar-refractivity contribution is -0.133. The van der Waals surface area contributed by atoms with E-state index in [0.29, 0.717) is 36.1 Å². The summed E-state index contributed by atoms with van der Waals surface area (Å²) in [5.74, 6) is 2.60. The average Bonchev–Trinajstić information content (AvgIpc) is 3.03. The zero-order valence-corrected chi connectivity index (χ0v) is 19.2. The predicted octanol–water partition coefficient (Wildman–Crippen LogP) is 4.19. The zero-order chi connectivity index (χ0) is 21.4. The van der Waals surface area contributed by atoms with E-state index in [9.17, 15) is 4.79 Å². The van der Waals surface area contributed by atoms with Crippen LogP contribution in [0, 0.1) is 34.5 Å². The van der Waals surface area contributed by atoms with Crippen LogP contribution in [0.2, 0.25) is 0 Å². The number of fused-ring (bicyclic) bond motifs is 5. The molecule has 4 aliphatic rings. The third kappa shape index (κ3) is 3.59. The summed E-state index contributed by atoms with van der Waals surface area (Å²) >= 11 is 0. The molecule has 4 fully saturated rings. The van der Waals surface area contributed by atoms with Crippen LogP contribution in [-0.2, 0) is 14.5 Å². The first-order valence-corrected chi connectivity index (χ1v) is 11.9. The van der Waals surface area contributed by atoms with Gasteiger partial charge in [0.05, 0.1) is 11.4 Å². The number of carbonyl (C=O) groups is 1. The number of nitrogens with one attached hydrogen (secondary N) is 1. The Bertz CT molecular complexity index is 720. The molecular weight excluding hydrogens is 378 g/mol. The normalized spacial score (nSPS) is 43.3. The van der Waals surface area contributed by atoms with E-state index in [1.807, 2.05) is 7.05 Å². The number of ketones is 1. The maximum absolute atomic E-state index is 12.7. The van der Waals surface area contributed by atoms with Gasteiger partial charge in [-0.3, -0.25) is 4.79 Å². The Hall–Kier alpha value is -1.43. The molecule has 0 aromatic rings. The molecule has 6 atom stereocenters. The van der Waals surface area contributed by atoms with E-state index in [1.54, 1.807) is 7.11 Å². The molecule has 0 aromatic heterocycles. The molecule has 4 saturated carbocycles. The van der Waals surface area contributed by atoms with Gasteiger partial charge in [0.1, 0.15) is 19.5 Å². The molecule has 0 bridgehead atoms. The molecule has 1 N–H and O–H groups in total. The van der Waals surface area contributed by atoms with Crippen molar-refractivity contribution in [1.29, 1.82) is 0 Å². The van der Waals surface area contributed by atoms with Crippen LogP contribution in [0.5, 0.6) is 0 Å². The quantitative estimate of drug-likeness (QED) is 0.519. The van der Waals surface area contributed by atoms with E-state index in [0.717, 1.165) is 57.9 Å². The molecule has 4 rings (SSSR count). The van der Waals surface area contributed by atoms with Crippen LogP contribution in [-0.4, -0.2) is 44.5 Å². The Labute approximate surface area is 181 Å². The summed E-state index contributed by atoms with van der Waals surface area (Å²) in [6.45, 7) is 6.32. The summed E-state index contributed by atoms with van der Waals surface area (Å²) in [6.07, 6.45) is 9.05. The van der Waals surface area contributed by atoms with Gasteiger partial charge in [-0.05, 0) is 88.1 Å².